The summed E-state index contributed by atoms with van der Waals surface area (Å²) in [6.45, 7) is 0.138. The van der Waals surface area contributed by atoms with Crippen LogP contribution >= 0.6 is 0 Å². The van der Waals surface area contributed by atoms with Gasteiger partial charge in [0.25, 0.3) is 0 Å². The van der Waals surface area contributed by atoms with Crippen molar-refractivity contribution in [2.24, 2.45) is 5.10 Å². The van der Waals surface area contributed by atoms with Gasteiger partial charge in [0.2, 0.25) is 6.54 Å². The Kier molecular flexibility index (Phi) is 4.76. The zero-order valence-electron chi connectivity index (χ0n) is 11.1. The third-order valence-electron chi connectivity index (χ3n) is 2.69. The average Bonchev–Trinajstić information content (AvgIpc) is 2.48. The van der Waals surface area contributed by atoms with Gasteiger partial charge < -0.3 is 5.11 Å². The zero-order chi connectivity index (χ0) is 15.1. The van der Waals surface area contributed by atoms with E-state index in [2.05, 4.69) is 10.5 Å². The van der Waals surface area contributed by atoms with Crippen molar-refractivity contribution in [1.82, 2.24) is 5.43 Å². The molecular formula is C15H14N3O3+. The van der Waals surface area contributed by atoms with Crippen molar-refractivity contribution in [2.45, 2.75) is 6.54 Å². The summed E-state index contributed by atoms with van der Waals surface area (Å²) in [5.74, 6) is -1.33. The second-order valence-corrected chi connectivity index (χ2v) is 4.23. The van der Waals surface area contributed by atoms with Gasteiger partial charge in [-0.1, -0.05) is 24.3 Å². The van der Waals surface area contributed by atoms with E-state index in [1.54, 1.807) is 35.2 Å². The lowest BCUT2D eigenvalue weighted by Crippen LogP contribution is -2.40. The van der Waals surface area contributed by atoms with E-state index < -0.39 is 5.97 Å². The number of hydrogen-bond donors (Lipinski definition) is 2. The van der Waals surface area contributed by atoms with Crippen LogP contribution in [0.25, 0.3) is 0 Å². The van der Waals surface area contributed by atoms with Gasteiger partial charge in [0.15, 0.2) is 12.4 Å². The number of pyridine rings is 1. The number of nitrogens with zero attached hydrogens (tertiary/aromatic N) is 2. The molecule has 0 saturated carbocycles. The second-order valence-electron chi connectivity index (χ2n) is 4.23. The largest absolute Gasteiger partial charge is 0.478 e. The second kappa shape index (κ2) is 6.95. The number of hydrogen-bond acceptors (Lipinski definition) is 3. The van der Waals surface area contributed by atoms with E-state index >= 15 is 0 Å². The molecule has 2 aromatic rings. The molecule has 0 atom stereocenters. The first-order chi connectivity index (χ1) is 10.2. The number of aromatic carboxylic acids is 1. The van der Waals surface area contributed by atoms with Gasteiger partial charge in [0.1, 0.15) is 0 Å². The summed E-state index contributed by atoms with van der Waals surface area (Å²) in [5, 5.41) is 12.8. The van der Waals surface area contributed by atoms with Crippen molar-refractivity contribution >= 4 is 18.1 Å². The summed E-state index contributed by atoms with van der Waals surface area (Å²) < 4.78 is 1.70. The quantitative estimate of drug-likeness (QED) is 0.484. The molecule has 2 N–H and O–H groups in total. The van der Waals surface area contributed by atoms with Crippen LogP contribution in [0, 0.1) is 0 Å². The summed E-state index contributed by atoms with van der Waals surface area (Å²) in [4.78, 5) is 22.7. The maximum absolute atomic E-state index is 11.7. The Balaban J connectivity index is 1.97. The van der Waals surface area contributed by atoms with Crippen LogP contribution in [0.1, 0.15) is 15.9 Å². The number of benzene rings is 1. The average molecular weight is 284 g/mol. The van der Waals surface area contributed by atoms with Crippen LogP contribution in [-0.2, 0) is 11.3 Å². The van der Waals surface area contributed by atoms with E-state index in [0.29, 0.717) is 5.56 Å². The predicted octanol–water partition coefficient (Wildman–Crippen LogP) is 0.823. The highest BCUT2D eigenvalue weighted by Crippen LogP contribution is 2.05. The number of carbonyl (C=O) groups is 2. The van der Waals surface area contributed by atoms with Crippen LogP contribution in [0.5, 0.6) is 0 Å². The molecule has 1 aromatic carbocycles. The smallest absolute Gasteiger partial charge is 0.336 e. The first kappa shape index (κ1) is 14.4. The number of carboxylic acids is 1. The summed E-state index contributed by atoms with van der Waals surface area (Å²) in [7, 11) is 0. The molecule has 0 unspecified atom stereocenters. The fourth-order valence-electron chi connectivity index (χ4n) is 1.72. The lowest BCUT2D eigenvalue weighted by molar-refractivity contribution is -0.684. The van der Waals surface area contributed by atoms with E-state index in [9.17, 15) is 9.59 Å². The molecule has 0 bridgehead atoms. The highest BCUT2D eigenvalue weighted by atomic mass is 16.4. The maximum Gasteiger partial charge on any atom is 0.336 e. The SMILES string of the molecule is O=C(C[n+]1ccccc1)N/N=C\c1ccccc1C(=O)O. The molecule has 0 aliphatic carbocycles. The van der Waals surface area contributed by atoms with Gasteiger partial charge in [0.05, 0.1) is 11.8 Å². The van der Waals surface area contributed by atoms with E-state index in [-0.39, 0.29) is 18.0 Å². The molecule has 2 rings (SSSR count). The fraction of sp³-hybridized carbons (Fsp3) is 0.0667. The number of amides is 1. The molecule has 6 nitrogen and oxygen atoms in total. The van der Waals surface area contributed by atoms with Crippen LogP contribution in [0.3, 0.4) is 0 Å². The topological polar surface area (TPSA) is 82.6 Å². The Morgan fingerprint density at radius 2 is 1.86 bits per heavy atom. The molecule has 106 valence electrons. The number of carbonyl (C=O) groups excluding carboxylic acids is 1. The summed E-state index contributed by atoms with van der Waals surface area (Å²) in [5.41, 5.74) is 2.92. The molecule has 0 fully saturated rings. The normalized spacial score (nSPS) is 10.5. The third-order valence-corrected chi connectivity index (χ3v) is 2.69. The van der Waals surface area contributed by atoms with Gasteiger partial charge in [0, 0.05) is 17.7 Å². The Bertz CT molecular complexity index is 669. The minimum absolute atomic E-state index is 0.132. The molecule has 1 amide bonds. The van der Waals surface area contributed by atoms with Crippen LogP contribution in [0.15, 0.2) is 60.0 Å². The Hall–Kier alpha value is -3.02. The minimum Gasteiger partial charge on any atom is -0.478 e. The van der Waals surface area contributed by atoms with Crippen molar-refractivity contribution in [3.8, 4) is 0 Å². The van der Waals surface area contributed by atoms with Crippen LogP contribution in [0.4, 0.5) is 0 Å². The molecule has 0 aliphatic heterocycles. The number of carboxylic acid groups (broad SMARTS) is 1. The molecule has 1 heterocycles. The van der Waals surface area contributed by atoms with Crippen LogP contribution in [0.2, 0.25) is 0 Å². The minimum atomic E-state index is -1.04. The first-order valence-corrected chi connectivity index (χ1v) is 6.25. The Morgan fingerprint density at radius 3 is 2.57 bits per heavy atom. The van der Waals surface area contributed by atoms with Gasteiger partial charge >= 0.3 is 11.9 Å². The Labute approximate surface area is 121 Å². The molecule has 0 radical (unpaired) electrons. The van der Waals surface area contributed by atoms with Crippen LogP contribution in [-0.4, -0.2) is 23.2 Å². The summed E-state index contributed by atoms with van der Waals surface area (Å²) in [6, 6.07) is 11.9. The number of hydrazone groups is 1. The van der Waals surface area contributed by atoms with E-state index in [0.717, 1.165) is 0 Å². The Morgan fingerprint density at radius 1 is 1.14 bits per heavy atom. The van der Waals surface area contributed by atoms with Crippen molar-refractivity contribution in [3.63, 3.8) is 0 Å². The van der Waals surface area contributed by atoms with Gasteiger partial charge in [-0.15, -0.1) is 0 Å². The third kappa shape index (κ3) is 4.24. The summed E-state index contributed by atoms with van der Waals surface area (Å²) >= 11 is 0. The van der Waals surface area contributed by atoms with Crippen molar-refractivity contribution in [1.29, 1.82) is 0 Å². The summed E-state index contributed by atoms with van der Waals surface area (Å²) in [6.07, 6.45) is 4.85. The maximum atomic E-state index is 11.7. The molecule has 1 aromatic heterocycles. The van der Waals surface area contributed by atoms with Crippen molar-refractivity contribution < 1.29 is 19.3 Å². The first-order valence-electron chi connectivity index (χ1n) is 6.25. The molecule has 0 spiro atoms. The molecule has 21 heavy (non-hydrogen) atoms. The molecule has 0 aliphatic rings. The highest BCUT2D eigenvalue weighted by molar-refractivity contribution is 5.98. The molecular weight excluding hydrogens is 270 g/mol. The van der Waals surface area contributed by atoms with E-state index in [1.165, 1.54) is 12.3 Å². The highest BCUT2D eigenvalue weighted by Gasteiger charge is 2.08. The number of aromatic nitrogens is 1. The van der Waals surface area contributed by atoms with Gasteiger partial charge in [-0.25, -0.2) is 10.2 Å². The molecule has 0 saturated heterocycles. The fourth-order valence-corrected chi connectivity index (χ4v) is 1.72. The van der Waals surface area contributed by atoms with Crippen molar-refractivity contribution in [2.75, 3.05) is 0 Å². The van der Waals surface area contributed by atoms with Crippen LogP contribution < -0.4 is 9.99 Å². The molecule has 6 heteroatoms. The van der Waals surface area contributed by atoms with E-state index in [4.69, 9.17) is 5.11 Å². The zero-order valence-corrected chi connectivity index (χ0v) is 11.1. The van der Waals surface area contributed by atoms with Gasteiger partial charge in [-0.3, -0.25) is 4.79 Å². The lowest BCUT2D eigenvalue weighted by atomic mass is 10.1. The lowest BCUT2D eigenvalue weighted by Gasteiger charge is -2.00. The van der Waals surface area contributed by atoms with Gasteiger partial charge in [-0.05, 0) is 6.07 Å². The number of nitrogens with one attached hydrogen (secondary N) is 1. The number of rotatable bonds is 5. The standard InChI is InChI=1S/C15H13N3O3/c19-14(11-18-8-4-1-5-9-18)17-16-10-12-6-2-3-7-13(12)15(20)21/h1-10H,11H2,(H-,17,19,20,21)/p+1/b16-10-. The van der Waals surface area contributed by atoms with Crippen molar-refractivity contribution in [3.05, 3.63) is 66.0 Å². The van der Waals surface area contributed by atoms with E-state index in [1.807, 2.05) is 18.2 Å². The van der Waals surface area contributed by atoms with Gasteiger partial charge in [-0.2, -0.15) is 9.67 Å². The monoisotopic (exact) mass is 284 g/mol. The predicted molar refractivity (Wildman–Crippen MR) is 75.8 cm³/mol.